The Labute approximate surface area is 108 Å². The summed E-state index contributed by atoms with van der Waals surface area (Å²) in [5, 5.41) is 3.43. The zero-order valence-electron chi connectivity index (χ0n) is 10.9. The third-order valence-corrected chi connectivity index (χ3v) is 4.48. The van der Waals surface area contributed by atoms with Crippen molar-refractivity contribution in [2.24, 2.45) is 0 Å². The Bertz CT molecular complexity index is 413. The van der Waals surface area contributed by atoms with Crippen molar-refractivity contribution in [2.75, 3.05) is 13.1 Å². The first-order valence-corrected chi connectivity index (χ1v) is 7.49. The van der Waals surface area contributed by atoms with E-state index in [2.05, 4.69) is 11.4 Å². The highest BCUT2D eigenvalue weighted by molar-refractivity contribution is 5.25. The van der Waals surface area contributed by atoms with E-state index in [0.717, 1.165) is 30.7 Å². The van der Waals surface area contributed by atoms with E-state index in [1.807, 2.05) is 0 Å². The minimum Gasteiger partial charge on any atom is -0.317 e. The van der Waals surface area contributed by atoms with Crippen LogP contribution in [0.3, 0.4) is 0 Å². The van der Waals surface area contributed by atoms with E-state index in [9.17, 15) is 0 Å². The van der Waals surface area contributed by atoms with Crippen LogP contribution in [-0.2, 0) is 0 Å². The van der Waals surface area contributed by atoms with Crippen LogP contribution < -0.4 is 5.32 Å². The van der Waals surface area contributed by atoms with Crippen molar-refractivity contribution < 1.29 is 0 Å². The monoisotopic (exact) mass is 243 g/mol. The largest absolute Gasteiger partial charge is 0.317 e. The summed E-state index contributed by atoms with van der Waals surface area (Å²) >= 11 is 0. The predicted octanol–water partition coefficient (Wildman–Crippen LogP) is 2.70. The highest BCUT2D eigenvalue weighted by atomic mass is 14.9. The Morgan fingerprint density at radius 3 is 1.83 bits per heavy atom. The number of piperidine rings is 1. The topological polar surface area (TPSA) is 37.8 Å². The number of rotatable bonds is 3. The van der Waals surface area contributed by atoms with Gasteiger partial charge < -0.3 is 5.32 Å². The summed E-state index contributed by atoms with van der Waals surface area (Å²) in [6.45, 7) is 2.25. The maximum Gasteiger partial charge on any atom is 0.132 e. The summed E-state index contributed by atoms with van der Waals surface area (Å²) in [7, 11) is 0. The van der Waals surface area contributed by atoms with Gasteiger partial charge in [-0.2, -0.15) is 0 Å². The maximum absolute atomic E-state index is 4.89. The molecule has 3 aliphatic rings. The molecule has 2 aliphatic carbocycles. The van der Waals surface area contributed by atoms with Gasteiger partial charge in [-0.05, 0) is 57.7 Å². The second-order valence-corrected chi connectivity index (χ2v) is 6.15. The summed E-state index contributed by atoms with van der Waals surface area (Å²) in [6.07, 6.45) is 7.77. The van der Waals surface area contributed by atoms with E-state index in [0.29, 0.717) is 5.92 Å². The molecule has 0 bridgehead atoms. The average Bonchev–Trinajstić information content (AvgIpc) is 3.32. The fraction of sp³-hybridized carbons (Fsp3) is 0.733. The quantitative estimate of drug-likeness (QED) is 0.887. The molecule has 1 saturated heterocycles. The molecule has 1 aromatic heterocycles. The first kappa shape index (κ1) is 10.9. The Balaban J connectivity index is 1.66. The van der Waals surface area contributed by atoms with Crippen LogP contribution in [0.5, 0.6) is 0 Å². The fourth-order valence-electron chi connectivity index (χ4n) is 2.94. The zero-order chi connectivity index (χ0) is 11.9. The molecule has 3 nitrogen and oxygen atoms in total. The average molecular weight is 243 g/mol. The van der Waals surface area contributed by atoms with Crippen LogP contribution in [0.15, 0.2) is 6.07 Å². The number of hydrogen-bond donors (Lipinski definition) is 1. The summed E-state index contributed by atoms with van der Waals surface area (Å²) < 4.78 is 0. The molecule has 18 heavy (non-hydrogen) atoms. The third-order valence-electron chi connectivity index (χ3n) is 4.48. The summed E-state index contributed by atoms with van der Waals surface area (Å²) in [4.78, 5) is 9.78. The molecule has 2 saturated carbocycles. The van der Waals surface area contributed by atoms with Gasteiger partial charge in [0.25, 0.3) is 0 Å². The second kappa shape index (κ2) is 4.30. The van der Waals surface area contributed by atoms with Gasteiger partial charge in [0.05, 0.1) is 0 Å². The first-order chi connectivity index (χ1) is 8.90. The Kier molecular flexibility index (Phi) is 2.61. The van der Waals surface area contributed by atoms with Crippen molar-refractivity contribution >= 4 is 0 Å². The Morgan fingerprint density at radius 1 is 0.778 bits per heavy atom. The molecule has 0 atom stereocenters. The molecule has 3 heteroatoms. The number of hydrogen-bond acceptors (Lipinski definition) is 3. The molecular weight excluding hydrogens is 222 g/mol. The Hall–Kier alpha value is -0.960. The second-order valence-electron chi connectivity index (χ2n) is 6.15. The number of aromatic nitrogens is 2. The molecule has 0 spiro atoms. The van der Waals surface area contributed by atoms with Gasteiger partial charge in [-0.25, -0.2) is 9.97 Å². The van der Waals surface area contributed by atoms with E-state index in [1.165, 1.54) is 49.9 Å². The van der Waals surface area contributed by atoms with E-state index >= 15 is 0 Å². The molecule has 3 fully saturated rings. The van der Waals surface area contributed by atoms with Crippen LogP contribution in [0.2, 0.25) is 0 Å². The summed E-state index contributed by atoms with van der Waals surface area (Å²) in [5.41, 5.74) is 2.70. The fourth-order valence-corrected chi connectivity index (χ4v) is 2.94. The van der Waals surface area contributed by atoms with E-state index in [-0.39, 0.29) is 0 Å². The van der Waals surface area contributed by atoms with Crippen molar-refractivity contribution in [1.82, 2.24) is 15.3 Å². The smallest absolute Gasteiger partial charge is 0.132 e. The molecule has 0 radical (unpaired) electrons. The van der Waals surface area contributed by atoms with E-state index in [1.54, 1.807) is 0 Å². The molecule has 1 aliphatic heterocycles. The van der Waals surface area contributed by atoms with E-state index in [4.69, 9.17) is 9.97 Å². The van der Waals surface area contributed by atoms with Gasteiger partial charge >= 0.3 is 0 Å². The minimum atomic E-state index is 0.599. The lowest BCUT2D eigenvalue weighted by Gasteiger charge is -2.22. The van der Waals surface area contributed by atoms with Crippen LogP contribution in [-0.4, -0.2) is 23.1 Å². The molecule has 1 N–H and O–H groups in total. The van der Waals surface area contributed by atoms with Crippen LogP contribution in [0.4, 0.5) is 0 Å². The summed E-state index contributed by atoms with van der Waals surface area (Å²) in [6, 6.07) is 2.31. The van der Waals surface area contributed by atoms with Crippen molar-refractivity contribution in [3.8, 4) is 0 Å². The zero-order valence-corrected chi connectivity index (χ0v) is 10.9. The molecule has 1 aromatic rings. The van der Waals surface area contributed by atoms with Crippen molar-refractivity contribution in [3.63, 3.8) is 0 Å². The van der Waals surface area contributed by atoms with Gasteiger partial charge in [-0.3, -0.25) is 0 Å². The van der Waals surface area contributed by atoms with Crippen molar-refractivity contribution in [3.05, 3.63) is 23.3 Å². The lowest BCUT2D eigenvalue weighted by molar-refractivity contribution is 0.442. The number of nitrogens with zero attached hydrogens (tertiary/aromatic N) is 2. The van der Waals surface area contributed by atoms with Gasteiger partial charge in [-0.1, -0.05) is 0 Å². The molecule has 0 unspecified atom stereocenters. The van der Waals surface area contributed by atoms with Gasteiger partial charge in [0.15, 0.2) is 0 Å². The van der Waals surface area contributed by atoms with Crippen LogP contribution in [0.25, 0.3) is 0 Å². The lowest BCUT2D eigenvalue weighted by Crippen LogP contribution is -2.27. The van der Waals surface area contributed by atoms with Crippen LogP contribution in [0.1, 0.15) is 73.5 Å². The van der Waals surface area contributed by atoms with Crippen molar-refractivity contribution in [1.29, 1.82) is 0 Å². The normalized spacial score (nSPS) is 25.3. The molecule has 0 aromatic carbocycles. The molecule has 4 rings (SSSR count). The van der Waals surface area contributed by atoms with Gasteiger partial charge in [0.1, 0.15) is 5.82 Å². The third kappa shape index (κ3) is 2.16. The standard InChI is InChI=1S/C15H21N3/c1-2-10(1)13-9-14(11-3-4-11)18-15(17-13)12-5-7-16-8-6-12/h9-12,16H,1-8H2. The van der Waals surface area contributed by atoms with Crippen LogP contribution >= 0.6 is 0 Å². The van der Waals surface area contributed by atoms with E-state index < -0.39 is 0 Å². The van der Waals surface area contributed by atoms with Gasteiger partial charge in [0.2, 0.25) is 0 Å². The van der Waals surface area contributed by atoms with Gasteiger partial charge in [-0.15, -0.1) is 0 Å². The SMILES string of the molecule is c1c(C2CC2)nc(C2CCNCC2)nc1C1CC1. The van der Waals surface area contributed by atoms with Crippen LogP contribution in [0, 0.1) is 0 Å². The van der Waals surface area contributed by atoms with Crippen molar-refractivity contribution in [2.45, 2.75) is 56.3 Å². The molecular formula is C15H21N3. The summed E-state index contributed by atoms with van der Waals surface area (Å²) in [5.74, 6) is 3.27. The highest BCUT2D eigenvalue weighted by Gasteiger charge is 2.31. The maximum atomic E-state index is 4.89. The minimum absolute atomic E-state index is 0.599. The Morgan fingerprint density at radius 2 is 1.33 bits per heavy atom. The molecule has 96 valence electrons. The lowest BCUT2D eigenvalue weighted by atomic mass is 9.97. The first-order valence-electron chi connectivity index (χ1n) is 7.49. The van der Waals surface area contributed by atoms with Gasteiger partial charge in [0, 0.05) is 29.1 Å². The number of nitrogens with one attached hydrogen (secondary N) is 1. The highest BCUT2D eigenvalue weighted by Crippen LogP contribution is 2.44. The molecule has 2 heterocycles. The molecule has 0 amide bonds. The predicted molar refractivity (Wildman–Crippen MR) is 70.8 cm³/mol.